The topological polar surface area (TPSA) is 55.1 Å². The van der Waals surface area contributed by atoms with Crippen molar-refractivity contribution in [3.8, 4) is 0 Å². The molecule has 7 heteroatoms. The van der Waals surface area contributed by atoms with Gasteiger partial charge in [-0.15, -0.1) is 0 Å². The van der Waals surface area contributed by atoms with Crippen LogP contribution in [0.15, 0.2) is 18.2 Å². The number of hydrogen-bond acceptors (Lipinski definition) is 2. The Balaban J connectivity index is 2.68. The summed E-state index contributed by atoms with van der Waals surface area (Å²) in [4.78, 5) is 11.5. The summed E-state index contributed by atoms with van der Waals surface area (Å²) in [7, 11) is 0. The quantitative estimate of drug-likeness (QED) is 0.651. The Bertz CT molecular complexity index is 445. The Kier molecular flexibility index (Phi) is 4.15. The van der Waals surface area contributed by atoms with Gasteiger partial charge in [-0.2, -0.15) is 13.2 Å². The molecule has 1 aromatic carbocycles. The average molecular weight is 264 g/mol. The van der Waals surface area contributed by atoms with E-state index in [-0.39, 0.29) is 11.3 Å². The molecule has 0 aliphatic heterocycles. The highest BCUT2D eigenvalue weighted by Gasteiger charge is 2.30. The number of rotatable bonds is 3. The van der Waals surface area contributed by atoms with Crippen LogP contribution < -0.4 is 11.1 Å². The lowest BCUT2D eigenvalue weighted by Crippen LogP contribution is -2.36. The van der Waals surface area contributed by atoms with Crippen LogP contribution in [0.2, 0.25) is 0 Å². The van der Waals surface area contributed by atoms with E-state index in [9.17, 15) is 22.4 Å². The van der Waals surface area contributed by atoms with Crippen LogP contribution in [0.5, 0.6) is 0 Å². The van der Waals surface area contributed by atoms with Gasteiger partial charge in [0.2, 0.25) is 0 Å². The van der Waals surface area contributed by atoms with Crippen molar-refractivity contribution in [2.75, 3.05) is 5.73 Å². The Labute approximate surface area is 101 Å². The maximum Gasteiger partial charge on any atom is 0.391 e. The number of benzene rings is 1. The van der Waals surface area contributed by atoms with Gasteiger partial charge in [0.25, 0.3) is 5.91 Å². The van der Waals surface area contributed by atoms with E-state index < -0.39 is 30.4 Å². The van der Waals surface area contributed by atoms with E-state index in [1.807, 2.05) is 0 Å². The monoisotopic (exact) mass is 264 g/mol. The minimum Gasteiger partial charge on any atom is -0.396 e. The van der Waals surface area contributed by atoms with E-state index in [1.54, 1.807) is 0 Å². The van der Waals surface area contributed by atoms with Gasteiger partial charge < -0.3 is 11.1 Å². The van der Waals surface area contributed by atoms with Gasteiger partial charge in [-0.3, -0.25) is 4.79 Å². The van der Waals surface area contributed by atoms with E-state index >= 15 is 0 Å². The van der Waals surface area contributed by atoms with E-state index in [1.165, 1.54) is 6.92 Å². The van der Waals surface area contributed by atoms with Gasteiger partial charge in [0, 0.05) is 11.6 Å². The van der Waals surface area contributed by atoms with Crippen LogP contribution in [-0.2, 0) is 0 Å². The van der Waals surface area contributed by atoms with Gasteiger partial charge in [0.1, 0.15) is 5.82 Å². The van der Waals surface area contributed by atoms with Crippen LogP contribution in [0, 0.1) is 5.82 Å². The molecule has 0 spiro atoms. The summed E-state index contributed by atoms with van der Waals surface area (Å²) >= 11 is 0. The van der Waals surface area contributed by atoms with Gasteiger partial charge in [0.05, 0.1) is 12.1 Å². The van der Waals surface area contributed by atoms with Crippen molar-refractivity contribution < 1.29 is 22.4 Å². The first-order valence-electron chi connectivity index (χ1n) is 5.11. The summed E-state index contributed by atoms with van der Waals surface area (Å²) in [6.45, 7) is 1.23. The second kappa shape index (κ2) is 5.24. The molecule has 0 saturated carbocycles. The zero-order valence-corrected chi connectivity index (χ0v) is 9.51. The predicted octanol–water partition coefficient (Wildman–Crippen LogP) is 2.48. The molecule has 3 N–H and O–H groups in total. The minimum atomic E-state index is -4.35. The molecule has 0 radical (unpaired) electrons. The molecule has 1 amide bonds. The normalized spacial score (nSPS) is 13.2. The number of anilines is 1. The molecule has 100 valence electrons. The Morgan fingerprint density at radius 3 is 2.56 bits per heavy atom. The van der Waals surface area contributed by atoms with Crippen molar-refractivity contribution >= 4 is 11.6 Å². The lowest BCUT2D eigenvalue weighted by Gasteiger charge is -2.15. The Morgan fingerprint density at radius 1 is 1.44 bits per heavy atom. The molecule has 0 heterocycles. The molecular formula is C11H12F4N2O. The van der Waals surface area contributed by atoms with Gasteiger partial charge in [-0.05, 0) is 25.1 Å². The van der Waals surface area contributed by atoms with Crippen LogP contribution in [0.4, 0.5) is 23.2 Å². The summed E-state index contributed by atoms with van der Waals surface area (Å²) in [6.07, 6.45) is -5.48. The fourth-order valence-electron chi connectivity index (χ4n) is 1.39. The SMILES string of the molecule is CC(CC(F)(F)F)NC(=O)c1ccc(F)c(N)c1. The number of nitrogens with one attached hydrogen (secondary N) is 1. The standard InChI is InChI=1S/C11H12F4N2O/c1-6(5-11(13,14)15)17-10(18)7-2-3-8(12)9(16)4-7/h2-4,6H,5,16H2,1H3,(H,17,18). The van der Waals surface area contributed by atoms with Crippen LogP contribution in [0.25, 0.3) is 0 Å². The molecule has 1 aromatic rings. The third-order valence-corrected chi connectivity index (χ3v) is 2.17. The molecule has 1 unspecified atom stereocenters. The molecular weight excluding hydrogens is 252 g/mol. The number of nitrogens with two attached hydrogens (primary N) is 1. The fraction of sp³-hybridized carbons (Fsp3) is 0.364. The summed E-state index contributed by atoms with van der Waals surface area (Å²) in [6, 6.07) is 2.15. The fourth-order valence-corrected chi connectivity index (χ4v) is 1.39. The van der Waals surface area contributed by atoms with Crippen molar-refractivity contribution in [3.63, 3.8) is 0 Å². The molecule has 0 aromatic heterocycles. The van der Waals surface area contributed by atoms with Gasteiger partial charge in [0.15, 0.2) is 0 Å². The highest BCUT2D eigenvalue weighted by Crippen LogP contribution is 2.21. The summed E-state index contributed by atoms with van der Waals surface area (Å²) in [5.74, 6) is -1.41. The number of halogens is 4. The van der Waals surface area contributed by atoms with Gasteiger partial charge in [-0.1, -0.05) is 0 Å². The molecule has 0 saturated heterocycles. The molecule has 1 rings (SSSR count). The summed E-state index contributed by atoms with van der Waals surface area (Å²) in [5, 5.41) is 2.16. The third kappa shape index (κ3) is 4.23. The van der Waals surface area contributed by atoms with Crippen molar-refractivity contribution in [2.24, 2.45) is 0 Å². The van der Waals surface area contributed by atoms with Crippen LogP contribution in [-0.4, -0.2) is 18.1 Å². The molecule has 3 nitrogen and oxygen atoms in total. The second-order valence-corrected chi connectivity index (χ2v) is 3.93. The largest absolute Gasteiger partial charge is 0.396 e. The number of alkyl halides is 3. The Hall–Kier alpha value is -1.79. The maximum atomic E-state index is 12.8. The number of carbonyl (C=O) groups is 1. The van der Waals surface area contributed by atoms with Gasteiger partial charge in [-0.25, -0.2) is 4.39 Å². The number of amides is 1. The smallest absolute Gasteiger partial charge is 0.391 e. The lowest BCUT2D eigenvalue weighted by atomic mass is 10.1. The lowest BCUT2D eigenvalue weighted by molar-refractivity contribution is -0.138. The maximum absolute atomic E-state index is 12.8. The zero-order valence-electron chi connectivity index (χ0n) is 9.51. The third-order valence-electron chi connectivity index (χ3n) is 2.17. The van der Waals surface area contributed by atoms with E-state index in [2.05, 4.69) is 5.32 Å². The first kappa shape index (κ1) is 14.3. The number of nitrogen functional groups attached to an aromatic ring is 1. The zero-order chi connectivity index (χ0) is 13.9. The highest BCUT2D eigenvalue weighted by atomic mass is 19.4. The van der Waals surface area contributed by atoms with E-state index in [0.29, 0.717) is 0 Å². The average Bonchev–Trinajstić information content (AvgIpc) is 2.18. The molecule has 0 aliphatic carbocycles. The van der Waals surface area contributed by atoms with Crippen LogP contribution >= 0.6 is 0 Å². The highest BCUT2D eigenvalue weighted by molar-refractivity contribution is 5.95. The van der Waals surface area contributed by atoms with E-state index in [0.717, 1.165) is 18.2 Å². The first-order valence-corrected chi connectivity index (χ1v) is 5.11. The molecule has 0 fully saturated rings. The number of carbonyl (C=O) groups excluding carboxylic acids is 1. The molecule has 0 bridgehead atoms. The van der Waals surface area contributed by atoms with Crippen molar-refractivity contribution in [3.05, 3.63) is 29.6 Å². The van der Waals surface area contributed by atoms with E-state index in [4.69, 9.17) is 5.73 Å². The summed E-state index contributed by atoms with van der Waals surface area (Å²) < 4.78 is 49.0. The number of hydrogen-bond donors (Lipinski definition) is 2. The van der Waals surface area contributed by atoms with Crippen molar-refractivity contribution in [1.29, 1.82) is 0 Å². The van der Waals surface area contributed by atoms with Crippen LogP contribution in [0.3, 0.4) is 0 Å². The Morgan fingerprint density at radius 2 is 2.06 bits per heavy atom. The van der Waals surface area contributed by atoms with Gasteiger partial charge >= 0.3 is 6.18 Å². The van der Waals surface area contributed by atoms with Crippen molar-refractivity contribution in [1.82, 2.24) is 5.32 Å². The van der Waals surface area contributed by atoms with Crippen LogP contribution in [0.1, 0.15) is 23.7 Å². The minimum absolute atomic E-state index is 0.0166. The molecule has 1 atom stereocenters. The van der Waals surface area contributed by atoms with Crippen molar-refractivity contribution in [2.45, 2.75) is 25.6 Å². The predicted molar refractivity (Wildman–Crippen MR) is 58.4 cm³/mol. The first-order chi connectivity index (χ1) is 8.19. The second-order valence-electron chi connectivity index (χ2n) is 3.93. The molecule has 18 heavy (non-hydrogen) atoms. The summed E-state index contributed by atoms with van der Waals surface area (Å²) in [5.41, 5.74) is 5.04. The molecule has 0 aliphatic rings.